The van der Waals surface area contributed by atoms with Gasteiger partial charge in [0.1, 0.15) is 0 Å². The van der Waals surface area contributed by atoms with Gasteiger partial charge in [0.2, 0.25) is 5.89 Å². The third-order valence-corrected chi connectivity index (χ3v) is 3.83. The number of nitrogens with zero attached hydrogens (tertiary/aromatic N) is 4. The average Bonchev–Trinajstić information content (AvgIpc) is 2.99. The summed E-state index contributed by atoms with van der Waals surface area (Å²) in [7, 11) is 2.12. The van der Waals surface area contributed by atoms with Crippen molar-refractivity contribution in [3.05, 3.63) is 41.8 Å². The Bertz CT molecular complexity index is 562. The molecule has 1 unspecified atom stereocenters. The predicted octanol–water partition coefficient (Wildman–Crippen LogP) is 1.06. The zero-order chi connectivity index (χ0) is 14.7. The molecule has 1 atom stereocenters. The maximum Gasteiger partial charge on any atom is 0.266 e. The molecule has 0 spiro atoms. The Morgan fingerprint density at radius 1 is 1.19 bits per heavy atom. The van der Waals surface area contributed by atoms with E-state index in [2.05, 4.69) is 39.1 Å². The fraction of sp³-hybridized carbons (Fsp3) is 0.467. The molecule has 1 fully saturated rings. The summed E-state index contributed by atoms with van der Waals surface area (Å²) in [6.45, 7) is 3.87. The van der Waals surface area contributed by atoms with Gasteiger partial charge in [-0.25, -0.2) is 0 Å². The number of hydrogen-bond acceptors (Lipinski definition) is 6. The van der Waals surface area contributed by atoms with Gasteiger partial charge in [0, 0.05) is 26.2 Å². The highest BCUT2D eigenvalue weighted by molar-refractivity contribution is 5.29. The van der Waals surface area contributed by atoms with E-state index in [1.807, 2.05) is 18.2 Å². The monoisotopic (exact) mass is 287 g/mol. The molecular formula is C15H21N5O. The first-order valence-corrected chi connectivity index (χ1v) is 7.29. The van der Waals surface area contributed by atoms with Gasteiger partial charge in [-0.05, 0) is 24.2 Å². The van der Waals surface area contributed by atoms with Crippen LogP contribution in [0, 0.1) is 0 Å². The largest absolute Gasteiger partial charge is 0.336 e. The van der Waals surface area contributed by atoms with Gasteiger partial charge in [-0.2, -0.15) is 4.98 Å². The zero-order valence-corrected chi connectivity index (χ0v) is 12.3. The van der Waals surface area contributed by atoms with Gasteiger partial charge in [-0.15, -0.1) is 0 Å². The number of likely N-dealkylation sites (N-methyl/N-ethyl adjacent to an activating group) is 1. The smallest absolute Gasteiger partial charge is 0.266 e. The van der Waals surface area contributed by atoms with Crippen LogP contribution >= 0.6 is 0 Å². The summed E-state index contributed by atoms with van der Waals surface area (Å²) in [4.78, 5) is 8.89. The van der Waals surface area contributed by atoms with Crippen molar-refractivity contribution in [2.24, 2.45) is 5.73 Å². The second kappa shape index (κ2) is 6.24. The molecule has 112 valence electrons. The molecule has 6 nitrogen and oxygen atoms in total. The summed E-state index contributed by atoms with van der Waals surface area (Å²) in [6, 6.07) is 9.85. The Hall–Kier alpha value is -1.92. The minimum absolute atomic E-state index is 0.263. The van der Waals surface area contributed by atoms with Crippen LogP contribution in [0.25, 0.3) is 0 Å². The van der Waals surface area contributed by atoms with Crippen LogP contribution < -0.4 is 10.6 Å². The molecule has 2 heterocycles. The molecule has 1 aromatic carbocycles. The molecule has 0 amide bonds. The topological polar surface area (TPSA) is 71.4 Å². The number of aromatic nitrogens is 2. The first kappa shape index (κ1) is 14.0. The van der Waals surface area contributed by atoms with Gasteiger partial charge in [0.15, 0.2) is 0 Å². The maximum atomic E-state index is 6.17. The average molecular weight is 287 g/mol. The lowest BCUT2D eigenvalue weighted by Crippen LogP contribution is -2.44. The van der Waals surface area contributed by atoms with E-state index in [1.54, 1.807) is 0 Å². The summed E-state index contributed by atoms with van der Waals surface area (Å²) < 4.78 is 5.34. The molecule has 2 aromatic rings. The van der Waals surface area contributed by atoms with Gasteiger partial charge >= 0.3 is 0 Å². The third kappa shape index (κ3) is 3.40. The summed E-state index contributed by atoms with van der Waals surface area (Å²) in [5.74, 6) is 1.16. The molecule has 1 saturated heterocycles. The van der Waals surface area contributed by atoms with E-state index in [1.165, 1.54) is 5.56 Å². The van der Waals surface area contributed by atoms with Gasteiger partial charge in [-0.1, -0.05) is 30.3 Å². The van der Waals surface area contributed by atoms with E-state index >= 15 is 0 Å². The second-order valence-corrected chi connectivity index (χ2v) is 5.52. The van der Waals surface area contributed by atoms with Crippen LogP contribution in [0.1, 0.15) is 17.5 Å². The molecule has 1 aliphatic heterocycles. The Morgan fingerprint density at radius 3 is 2.62 bits per heavy atom. The number of piperazine rings is 1. The highest BCUT2D eigenvalue weighted by atomic mass is 16.5. The fourth-order valence-electron chi connectivity index (χ4n) is 2.47. The quantitative estimate of drug-likeness (QED) is 0.907. The van der Waals surface area contributed by atoms with Crippen molar-refractivity contribution in [2.75, 3.05) is 38.1 Å². The molecule has 0 saturated carbocycles. The molecule has 3 rings (SSSR count). The normalized spacial score (nSPS) is 17.9. The second-order valence-electron chi connectivity index (χ2n) is 5.52. The molecule has 0 radical (unpaired) electrons. The van der Waals surface area contributed by atoms with Crippen molar-refractivity contribution in [3.8, 4) is 0 Å². The van der Waals surface area contributed by atoms with E-state index in [9.17, 15) is 0 Å². The zero-order valence-electron chi connectivity index (χ0n) is 12.3. The van der Waals surface area contributed by atoms with Crippen molar-refractivity contribution in [1.29, 1.82) is 0 Å². The lowest BCUT2D eigenvalue weighted by Gasteiger charge is -2.31. The number of benzene rings is 1. The van der Waals surface area contributed by atoms with E-state index in [0.717, 1.165) is 26.2 Å². The van der Waals surface area contributed by atoms with Crippen molar-refractivity contribution in [1.82, 2.24) is 15.0 Å². The van der Waals surface area contributed by atoms with Gasteiger partial charge < -0.3 is 20.1 Å². The van der Waals surface area contributed by atoms with Crippen molar-refractivity contribution < 1.29 is 4.52 Å². The SMILES string of the molecule is CN1CCN(c2noc(C(N)Cc3ccccc3)n2)CC1. The molecule has 1 aromatic heterocycles. The minimum Gasteiger partial charge on any atom is -0.336 e. The summed E-state index contributed by atoms with van der Waals surface area (Å²) in [5.41, 5.74) is 7.34. The van der Waals surface area contributed by atoms with Crippen molar-refractivity contribution in [2.45, 2.75) is 12.5 Å². The molecule has 0 aliphatic carbocycles. The first-order valence-electron chi connectivity index (χ1n) is 7.29. The number of nitrogens with two attached hydrogens (primary N) is 1. The van der Waals surface area contributed by atoms with Crippen LogP contribution in [0.4, 0.5) is 5.95 Å². The number of rotatable bonds is 4. The fourth-order valence-corrected chi connectivity index (χ4v) is 2.47. The van der Waals surface area contributed by atoms with Crippen LogP contribution in [0.3, 0.4) is 0 Å². The minimum atomic E-state index is -0.263. The van der Waals surface area contributed by atoms with Crippen LogP contribution in [-0.2, 0) is 6.42 Å². The highest BCUT2D eigenvalue weighted by Crippen LogP contribution is 2.18. The molecular weight excluding hydrogens is 266 g/mol. The standard InChI is InChI=1S/C15H21N5O/c1-19-7-9-20(10-8-19)15-17-14(21-18-15)13(16)11-12-5-3-2-4-6-12/h2-6,13H,7-11,16H2,1H3. The number of anilines is 1. The molecule has 2 N–H and O–H groups in total. The predicted molar refractivity (Wildman–Crippen MR) is 81.1 cm³/mol. The molecule has 21 heavy (non-hydrogen) atoms. The Kier molecular flexibility index (Phi) is 4.17. The van der Waals surface area contributed by atoms with Crippen molar-refractivity contribution in [3.63, 3.8) is 0 Å². The Labute approximate surface area is 124 Å². The van der Waals surface area contributed by atoms with Gasteiger partial charge in [-0.3, -0.25) is 0 Å². The first-order chi connectivity index (χ1) is 10.2. The van der Waals surface area contributed by atoms with E-state index in [0.29, 0.717) is 18.3 Å². The molecule has 6 heteroatoms. The van der Waals surface area contributed by atoms with Gasteiger partial charge in [0.05, 0.1) is 6.04 Å². The van der Waals surface area contributed by atoms with E-state index in [-0.39, 0.29) is 6.04 Å². The van der Waals surface area contributed by atoms with E-state index in [4.69, 9.17) is 10.3 Å². The van der Waals surface area contributed by atoms with Crippen LogP contribution in [-0.4, -0.2) is 48.3 Å². The summed E-state index contributed by atoms with van der Waals surface area (Å²) in [6.07, 6.45) is 0.700. The van der Waals surface area contributed by atoms with Crippen LogP contribution in [0.2, 0.25) is 0 Å². The van der Waals surface area contributed by atoms with E-state index < -0.39 is 0 Å². The van der Waals surface area contributed by atoms with Gasteiger partial charge in [0.25, 0.3) is 5.95 Å². The van der Waals surface area contributed by atoms with Crippen LogP contribution in [0.15, 0.2) is 34.9 Å². The Morgan fingerprint density at radius 2 is 1.90 bits per heavy atom. The maximum absolute atomic E-state index is 6.17. The Balaban J connectivity index is 1.64. The van der Waals surface area contributed by atoms with Crippen LogP contribution in [0.5, 0.6) is 0 Å². The molecule has 1 aliphatic rings. The summed E-state index contributed by atoms with van der Waals surface area (Å²) in [5, 5.41) is 4.07. The lowest BCUT2D eigenvalue weighted by molar-refractivity contribution is 0.308. The van der Waals surface area contributed by atoms with Crippen molar-refractivity contribution >= 4 is 5.95 Å². The highest BCUT2D eigenvalue weighted by Gasteiger charge is 2.21. The third-order valence-electron chi connectivity index (χ3n) is 3.83. The number of hydrogen-bond donors (Lipinski definition) is 1. The summed E-state index contributed by atoms with van der Waals surface area (Å²) >= 11 is 0. The molecule has 0 bridgehead atoms. The lowest BCUT2D eigenvalue weighted by atomic mass is 10.1.